The number of aromatic hydroxyl groups is 1. The number of carbonyl (C=O) groups is 1. The van der Waals surface area contributed by atoms with Gasteiger partial charge in [-0.25, -0.2) is 0 Å². The molecule has 0 radical (unpaired) electrons. The second kappa shape index (κ2) is 6.40. The van der Waals surface area contributed by atoms with Crippen molar-refractivity contribution in [2.75, 3.05) is 13.1 Å². The molecule has 1 heterocycles. The zero-order valence-electron chi connectivity index (χ0n) is 10.5. The van der Waals surface area contributed by atoms with E-state index in [-0.39, 0.29) is 18.1 Å². The van der Waals surface area contributed by atoms with Crippen LogP contribution in [0.5, 0.6) is 5.75 Å². The molecule has 4 heteroatoms. The Bertz CT molecular complexity index is 401. The van der Waals surface area contributed by atoms with E-state index in [0.717, 1.165) is 13.0 Å². The molecule has 1 atom stereocenters. The van der Waals surface area contributed by atoms with Crippen molar-refractivity contribution < 1.29 is 9.90 Å². The van der Waals surface area contributed by atoms with Gasteiger partial charge in [0, 0.05) is 18.2 Å². The number of nitrogens with one attached hydrogen (secondary N) is 2. The van der Waals surface area contributed by atoms with Crippen molar-refractivity contribution >= 4 is 5.91 Å². The van der Waals surface area contributed by atoms with Gasteiger partial charge in [-0.3, -0.25) is 4.79 Å². The van der Waals surface area contributed by atoms with E-state index in [1.165, 1.54) is 12.8 Å². The molecule has 1 aliphatic rings. The van der Waals surface area contributed by atoms with E-state index >= 15 is 0 Å². The molecule has 0 unspecified atom stereocenters. The van der Waals surface area contributed by atoms with Gasteiger partial charge in [0.2, 0.25) is 5.91 Å². The number of hydrogen-bond donors (Lipinski definition) is 3. The molecule has 0 bridgehead atoms. The quantitative estimate of drug-likeness (QED) is 0.733. The number of benzene rings is 1. The van der Waals surface area contributed by atoms with Crippen molar-refractivity contribution in [3.05, 3.63) is 29.8 Å². The third kappa shape index (κ3) is 3.74. The van der Waals surface area contributed by atoms with E-state index in [4.69, 9.17) is 0 Å². The second-order valence-corrected chi connectivity index (χ2v) is 4.74. The summed E-state index contributed by atoms with van der Waals surface area (Å²) < 4.78 is 0. The smallest absolute Gasteiger partial charge is 0.224 e. The van der Waals surface area contributed by atoms with Crippen LogP contribution in [0.25, 0.3) is 0 Å². The first-order chi connectivity index (χ1) is 8.75. The van der Waals surface area contributed by atoms with Crippen LogP contribution in [-0.2, 0) is 11.2 Å². The number of rotatable bonds is 5. The molecule has 0 saturated carbocycles. The molecule has 2 rings (SSSR count). The third-order valence-electron chi connectivity index (χ3n) is 3.32. The largest absolute Gasteiger partial charge is 0.508 e. The zero-order chi connectivity index (χ0) is 12.8. The van der Waals surface area contributed by atoms with Crippen LogP contribution in [0.15, 0.2) is 24.3 Å². The predicted octanol–water partition coefficient (Wildman–Crippen LogP) is 1.19. The minimum atomic E-state index is -0.0329. The molecule has 1 saturated heterocycles. The topological polar surface area (TPSA) is 61.4 Å². The van der Waals surface area contributed by atoms with Crippen molar-refractivity contribution in [3.63, 3.8) is 0 Å². The molecule has 1 fully saturated rings. The van der Waals surface area contributed by atoms with E-state index in [1.807, 2.05) is 6.07 Å². The Morgan fingerprint density at radius 2 is 2.28 bits per heavy atom. The van der Waals surface area contributed by atoms with Gasteiger partial charge in [0.1, 0.15) is 5.75 Å². The lowest BCUT2D eigenvalue weighted by molar-refractivity contribution is -0.120. The van der Waals surface area contributed by atoms with E-state index in [0.29, 0.717) is 18.2 Å². The Morgan fingerprint density at radius 3 is 3.00 bits per heavy atom. The fourth-order valence-electron chi connectivity index (χ4n) is 2.28. The molecule has 18 heavy (non-hydrogen) atoms. The first kappa shape index (κ1) is 12.9. The lowest BCUT2D eigenvalue weighted by Gasteiger charge is -2.11. The highest BCUT2D eigenvalue weighted by atomic mass is 16.3. The molecule has 1 amide bonds. The van der Waals surface area contributed by atoms with Crippen molar-refractivity contribution in [1.29, 1.82) is 0 Å². The lowest BCUT2D eigenvalue weighted by Crippen LogP contribution is -2.31. The number of phenols is 1. The van der Waals surface area contributed by atoms with Gasteiger partial charge in [0.05, 0.1) is 6.42 Å². The maximum Gasteiger partial charge on any atom is 0.224 e. The first-order valence-corrected chi connectivity index (χ1v) is 6.52. The minimum absolute atomic E-state index is 0.0329. The van der Waals surface area contributed by atoms with Gasteiger partial charge in [-0.1, -0.05) is 18.2 Å². The van der Waals surface area contributed by atoms with E-state index in [2.05, 4.69) is 10.6 Å². The molecular weight excluding hydrogens is 228 g/mol. The molecule has 0 aromatic heterocycles. The summed E-state index contributed by atoms with van der Waals surface area (Å²) in [7, 11) is 0. The highest BCUT2D eigenvalue weighted by Gasteiger charge is 2.13. The Hall–Kier alpha value is -1.55. The molecule has 1 aliphatic heterocycles. The van der Waals surface area contributed by atoms with Crippen molar-refractivity contribution in [2.45, 2.75) is 31.7 Å². The molecule has 1 aromatic carbocycles. The molecule has 0 aliphatic carbocycles. The van der Waals surface area contributed by atoms with Crippen LogP contribution < -0.4 is 10.6 Å². The fourth-order valence-corrected chi connectivity index (χ4v) is 2.28. The summed E-state index contributed by atoms with van der Waals surface area (Å²) in [6.45, 7) is 1.79. The fraction of sp³-hybridized carbons (Fsp3) is 0.500. The Kier molecular flexibility index (Phi) is 4.59. The summed E-state index contributed by atoms with van der Waals surface area (Å²) in [6, 6.07) is 7.50. The Balaban J connectivity index is 1.70. The van der Waals surface area contributed by atoms with E-state index in [1.54, 1.807) is 18.2 Å². The normalized spacial score (nSPS) is 18.8. The summed E-state index contributed by atoms with van der Waals surface area (Å²) in [4.78, 5) is 11.7. The zero-order valence-corrected chi connectivity index (χ0v) is 10.5. The molecule has 98 valence electrons. The second-order valence-electron chi connectivity index (χ2n) is 4.74. The third-order valence-corrected chi connectivity index (χ3v) is 3.32. The van der Waals surface area contributed by atoms with Crippen LogP contribution in [-0.4, -0.2) is 30.1 Å². The number of carbonyl (C=O) groups excluding carboxylic acids is 1. The summed E-state index contributed by atoms with van der Waals surface area (Å²) in [5.74, 6) is 0.152. The van der Waals surface area contributed by atoms with Crippen molar-refractivity contribution in [2.24, 2.45) is 0 Å². The molecular formula is C14H20N2O2. The van der Waals surface area contributed by atoms with Crippen LogP contribution in [0.2, 0.25) is 0 Å². The number of phenolic OH excluding ortho intramolecular Hbond substituents is 1. The van der Waals surface area contributed by atoms with Crippen LogP contribution in [0.3, 0.4) is 0 Å². The molecule has 0 spiro atoms. The van der Waals surface area contributed by atoms with Gasteiger partial charge >= 0.3 is 0 Å². The van der Waals surface area contributed by atoms with Gasteiger partial charge in [-0.05, 0) is 31.9 Å². The van der Waals surface area contributed by atoms with Gasteiger partial charge < -0.3 is 15.7 Å². The maximum absolute atomic E-state index is 11.7. The summed E-state index contributed by atoms with van der Waals surface area (Å²) >= 11 is 0. The average molecular weight is 248 g/mol. The van der Waals surface area contributed by atoms with Crippen molar-refractivity contribution in [3.8, 4) is 5.75 Å². The predicted molar refractivity (Wildman–Crippen MR) is 70.5 cm³/mol. The maximum atomic E-state index is 11.7. The van der Waals surface area contributed by atoms with Crippen LogP contribution in [0.4, 0.5) is 0 Å². The van der Waals surface area contributed by atoms with Gasteiger partial charge in [-0.15, -0.1) is 0 Å². The highest BCUT2D eigenvalue weighted by molar-refractivity contribution is 5.79. The van der Waals surface area contributed by atoms with Crippen LogP contribution in [0.1, 0.15) is 24.8 Å². The summed E-state index contributed by atoms with van der Waals surface area (Å²) in [5, 5.41) is 15.9. The number of hydrogen-bond acceptors (Lipinski definition) is 3. The first-order valence-electron chi connectivity index (χ1n) is 6.52. The SMILES string of the molecule is O=C(Cc1ccccc1O)NCC[C@H]1CCCN1. The van der Waals surface area contributed by atoms with Gasteiger partial charge in [0.25, 0.3) is 0 Å². The summed E-state index contributed by atoms with van der Waals surface area (Å²) in [5.41, 5.74) is 0.675. The van der Waals surface area contributed by atoms with Crippen LogP contribution >= 0.6 is 0 Å². The monoisotopic (exact) mass is 248 g/mol. The molecule has 3 N–H and O–H groups in total. The summed E-state index contributed by atoms with van der Waals surface area (Å²) in [6.07, 6.45) is 3.66. The van der Waals surface area contributed by atoms with E-state index < -0.39 is 0 Å². The van der Waals surface area contributed by atoms with Gasteiger partial charge in [-0.2, -0.15) is 0 Å². The molecule has 4 nitrogen and oxygen atoms in total. The standard InChI is InChI=1S/C14H20N2O2/c17-13-6-2-1-4-11(13)10-14(18)16-9-7-12-5-3-8-15-12/h1-2,4,6,12,15,17H,3,5,7-10H2,(H,16,18)/t12-/m1/s1. The highest BCUT2D eigenvalue weighted by Crippen LogP contribution is 2.15. The van der Waals surface area contributed by atoms with Crippen LogP contribution in [0, 0.1) is 0 Å². The average Bonchev–Trinajstić information content (AvgIpc) is 2.85. The number of para-hydroxylation sites is 1. The Morgan fingerprint density at radius 1 is 1.44 bits per heavy atom. The minimum Gasteiger partial charge on any atom is -0.508 e. The van der Waals surface area contributed by atoms with Gasteiger partial charge in [0.15, 0.2) is 0 Å². The Labute approximate surface area is 107 Å². The molecule has 1 aromatic rings. The van der Waals surface area contributed by atoms with Crippen molar-refractivity contribution in [1.82, 2.24) is 10.6 Å². The number of amides is 1. The van der Waals surface area contributed by atoms with E-state index in [9.17, 15) is 9.90 Å². The lowest BCUT2D eigenvalue weighted by atomic mass is 10.1.